The highest BCUT2D eigenvalue weighted by atomic mass is 32.1. The van der Waals surface area contributed by atoms with Gasteiger partial charge in [-0.15, -0.1) is 11.3 Å². The van der Waals surface area contributed by atoms with Gasteiger partial charge in [0.25, 0.3) is 0 Å². The SMILES string of the molecule is Cc1cc(N(C)CCOCCOCCOCCOCCC(=O)N[C@H](C(=O)N2C[C@H](O)C[C@H]2C(=O)NCc2ccc(-c3scnc3C)cc2)C(C)(C)C)nc(Nc2ccc(NC(=O)Cc3ccccc3)cc2)n1. The third-order valence-electron chi connectivity index (χ3n) is 11.7. The van der Waals surface area contributed by atoms with Crippen LogP contribution in [0.4, 0.5) is 23.1 Å². The topological polar surface area (TPSA) is 219 Å². The second kappa shape index (κ2) is 27.5. The number of aliphatic hydroxyl groups is 1. The van der Waals surface area contributed by atoms with Crippen molar-refractivity contribution in [1.82, 2.24) is 30.5 Å². The summed E-state index contributed by atoms with van der Waals surface area (Å²) in [7, 11) is 1.94. The van der Waals surface area contributed by atoms with Crippen molar-refractivity contribution >= 4 is 58.1 Å². The van der Waals surface area contributed by atoms with Crippen LogP contribution >= 0.6 is 11.3 Å². The molecule has 19 heteroatoms. The first-order chi connectivity index (χ1) is 34.6. The molecule has 2 aromatic heterocycles. The maximum Gasteiger partial charge on any atom is 0.246 e. The van der Waals surface area contributed by atoms with E-state index in [-0.39, 0.29) is 56.9 Å². The molecule has 1 fully saturated rings. The fourth-order valence-electron chi connectivity index (χ4n) is 7.81. The van der Waals surface area contributed by atoms with Crippen LogP contribution in [-0.4, -0.2) is 140 Å². The number of carbonyl (C=O) groups is 4. The van der Waals surface area contributed by atoms with Gasteiger partial charge in [-0.05, 0) is 60.2 Å². The molecule has 3 heterocycles. The van der Waals surface area contributed by atoms with Crippen molar-refractivity contribution in [2.45, 2.75) is 78.6 Å². The van der Waals surface area contributed by atoms with Crippen molar-refractivity contribution in [3.05, 3.63) is 113 Å². The van der Waals surface area contributed by atoms with Gasteiger partial charge >= 0.3 is 0 Å². The van der Waals surface area contributed by atoms with Crippen LogP contribution in [0.1, 0.15) is 56.1 Å². The molecule has 3 aromatic carbocycles. The number of anilines is 4. The van der Waals surface area contributed by atoms with Gasteiger partial charge in [0.1, 0.15) is 17.9 Å². The molecular weight excluding hydrogens is 939 g/mol. The van der Waals surface area contributed by atoms with E-state index in [9.17, 15) is 24.3 Å². The van der Waals surface area contributed by atoms with E-state index in [2.05, 4.69) is 36.2 Å². The molecule has 5 N–H and O–H groups in total. The molecule has 386 valence electrons. The van der Waals surface area contributed by atoms with Gasteiger partial charge in [0.05, 0.1) is 81.5 Å². The molecule has 18 nitrogen and oxygen atoms in total. The Labute approximate surface area is 426 Å². The minimum Gasteiger partial charge on any atom is -0.391 e. The van der Waals surface area contributed by atoms with E-state index in [1.165, 1.54) is 4.90 Å². The molecule has 0 unspecified atom stereocenters. The fraction of sp³-hybridized carbons (Fsp3) is 0.453. The number of hydrogen-bond acceptors (Lipinski definition) is 15. The maximum absolute atomic E-state index is 14.0. The Kier molecular flexibility index (Phi) is 21.0. The van der Waals surface area contributed by atoms with Gasteiger partial charge in [0.15, 0.2) is 0 Å². The molecule has 0 spiro atoms. The lowest BCUT2D eigenvalue weighted by atomic mass is 9.85. The first kappa shape index (κ1) is 55.0. The molecule has 1 aliphatic heterocycles. The number of carbonyl (C=O) groups excluding carboxylic acids is 4. The molecule has 1 aliphatic rings. The molecule has 1 saturated heterocycles. The smallest absolute Gasteiger partial charge is 0.246 e. The van der Waals surface area contributed by atoms with E-state index < -0.39 is 29.5 Å². The quantitative estimate of drug-likeness (QED) is 0.0391. The summed E-state index contributed by atoms with van der Waals surface area (Å²) in [6, 6.07) is 25.0. The van der Waals surface area contributed by atoms with E-state index in [0.29, 0.717) is 64.2 Å². The van der Waals surface area contributed by atoms with Crippen molar-refractivity contribution in [3.8, 4) is 10.4 Å². The third kappa shape index (κ3) is 17.5. The van der Waals surface area contributed by atoms with Crippen molar-refractivity contribution in [3.63, 3.8) is 0 Å². The number of rotatable bonds is 27. The van der Waals surface area contributed by atoms with Gasteiger partial charge < -0.3 is 55.1 Å². The standard InChI is InChI=1S/C53H69N9O9S/c1-36-30-45(59-52(56-36)58-42-18-16-41(17-19-42)57-47(65)31-38-10-8-7-9-11-38)61(6)21-23-69-25-27-71-29-28-70-26-24-68-22-20-46(64)60-49(53(3,4)5)51(67)62-34-43(63)32-44(62)50(66)54-33-39-12-14-40(15-13-39)48-37(2)55-35-72-48/h7-19,30,35,43-44,49,63H,20-29,31-34H2,1-6H3,(H,54,66)(H,57,65)(H,60,64)(H,56,58,59)/t43-,44+,49-/m1/s1. The number of likely N-dealkylation sites (N-methyl/N-ethyl adjacent to an activating group) is 1. The molecule has 0 aliphatic carbocycles. The average molecular weight is 1010 g/mol. The van der Waals surface area contributed by atoms with E-state index in [1.807, 2.05) is 137 Å². The van der Waals surface area contributed by atoms with Gasteiger partial charge in [0, 0.05) is 62.7 Å². The van der Waals surface area contributed by atoms with Gasteiger partial charge in [-0.3, -0.25) is 19.2 Å². The average Bonchev–Trinajstić information content (AvgIpc) is 3.97. The first-order valence-electron chi connectivity index (χ1n) is 24.3. The molecule has 6 rings (SSSR count). The number of β-amino-alcohol motifs (C(OH)–C–C–N with tert-alkyl or cyclic N) is 1. The zero-order chi connectivity index (χ0) is 51.5. The molecule has 72 heavy (non-hydrogen) atoms. The first-order valence-corrected chi connectivity index (χ1v) is 25.1. The number of aryl methyl sites for hydroxylation is 2. The lowest BCUT2D eigenvalue weighted by Gasteiger charge is -2.35. The minimum absolute atomic E-state index is 0.00559. The summed E-state index contributed by atoms with van der Waals surface area (Å²) in [6.07, 6.45) is -0.428. The largest absolute Gasteiger partial charge is 0.391 e. The van der Waals surface area contributed by atoms with Crippen LogP contribution in [0.25, 0.3) is 10.4 Å². The number of amides is 4. The highest BCUT2D eigenvalue weighted by molar-refractivity contribution is 7.13. The predicted octanol–water partition coefficient (Wildman–Crippen LogP) is 5.84. The van der Waals surface area contributed by atoms with Crippen molar-refractivity contribution < 1.29 is 43.2 Å². The van der Waals surface area contributed by atoms with Crippen LogP contribution in [-0.2, 0) is 51.1 Å². The Bertz CT molecular complexity index is 2510. The van der Waals surface area contributed by atoms with E-state index >= 15 is 0 Å². The predicted molar refractivity (Wildman–Crippen MR) is 278 cm³/mol. The number of nitrogens with one attached hydrogen (secondary N) is 4. The number of hydrogen-bond donors (Lipinski definition) is 5. The summed E-state index contributed by atoms with van der Waals surface area (Å²) < 4.78 is 22.7. The summed E-state index contributed by atoms with van der Waals surface area (Å²) in [4.78, 5) is 70.9. The number of aliphatic hydroxyl groups excluding tert-OH is 1. The van der Waals surface area contributed by atoms with Gasteiger partial charge in [-0.1, -0.05) is 75.4 Å². The van der Waals surface area contributed by atoms with Crippen LogP contribution in [0.2, 0.25) is 0 Å². The monoisotopic (exact) mass is 1010 g/mol. The molecule has 5 aromatic rings. The molecule has 0 bridgehead atoms. The van der Waals surface area contributed by atoms with E-state index in [1.54, 1.807) is 11.3 Å². The van der Waals surface area contributed by atoms with E-state index in [0.717, 1.165) is 44.5 Å². The van der Waals surface area contributed by atoms with Crippen LogP contribution in [0.15, 0.2) is 90.4 Å². The number of benzene rings is 3. The molecule has 3 atom stereocenters. The Morgan fingerprint density at radius 3 is 2.08 bits per heavy atom. The Balaban J connectivity index is 0.794. The summed E-state index contributed by atoms with van der Waals surface area (Å²) in [6.45, 7) is 13.0. The van der Waals surface area contributed by atoms with Gasteiger partial charge in [0.2, 0.25) is 29.6 Å². The Morgan fingerprint density at radius 1 is 0.806 bits per heavy atom. The van der Waals surface area contributed by atoms with Crippen LogP contribution in [0.3, 0.4) is 0 Å². The second-order valence-electron chi connectivity index (χ2n) is 18.7. The van der Waals surface area contributed by atoms with E-state index in [4.69, 9.17) is 18.9 Å². The zero-order valence-electron chi connectivity index (χ0n) is 42.1. The lowest BCUT2D eigenvalue weighted by Crippen LogP contribution is -2.57. The second-order valence-corrected chi connectivity index (χ2v) is 19.5. The number of thiazole rings is 1. The zero-order valence-corrected chi connectivity index (χ0v) is 43.0. The highest BCUT2D eigenvalue weighted by Gasteiger charge is 2.44. The highest BCUT2D eigenvalue weighted by Crippen LogP contribution is 2.29. The van der Waals surface area contributed by atoms with Gasteiger partial charge in [-0.25, -0.2) is 9.97 Å². The number of ether oxygens (including phenoxy) is 4. The maximum atomic E-state index is 14.0. The molecule has 0 saturated carbocycles. The molecule has 4 amide bonds. The summed E-state index contributed by atoms with van der Waals surface area (Å²) in [5, 5.41) is 22.5. The van der Waals surface area contributed by atoms with Crippen LogP contribution in [0, 0.1) is 19.3 Å². The third-order valence-corrected chi connectivity index (χ3v) is 12.7. The summed E-state index contributed by atoms with van der Waals surface area (Å²) in [5.41, 5.74) is 7.30. The number of nitrogens with zero attached hydrogens (tertiary/aromatic N) is 5. The number of aromatic nitrogens is 3. The normalized spacial score (nSPS) is 15.0. The summed E-state index contributed by atoms with van der Waals surface area (Å²) >= 11 is 1.57. The van der Waals surface area contributed by atoms with Crippen LogP contribution < -0.4 is 26.2 Å². The van der Waals surface area contributed by atoms with Crippen molar-refractivity contribution in [1.29, 1.82) is 0 Å². The van der Waals surface area contributed by atoms with Crippen LogP contribution in [0.5, 0.6) is 0 Å². The molecule has 0 radical (unpaired) electrons. The fourth-order valence-corrected chi connectivity index (χ4v) is 8.62. The van der Waals surface area contributed by atoms with Crippen molar-refractivity contribution in [2.24, 2.45) is 5.41 Å². The van der Waals surface area contributed by atoms with Gasteiger partial charge in [-0.2, -0.15) is 4.98 Å². The summed E-state index contributed by atoms with van der Waals surface area (Å²) in [5.74, 6) is -0.0284. The number of likely N-dealkylation sites (tertiary alicyclic amines) is 1. The Hall–Kier alpha value is -6.35. The Morgan fingerprint density at radius 2 is 1.44 bits per heavy atom. The minimum atomic E-state index is -0.930. The molecular formula is C53H69N9O9S. The lowest BCUT2D eigenvalue weighted by molar-refractivity contribution is -0.144. The van der Waals surface area contributed by atoms with Crippen molar-refractivity contribution in [2.75, 3.05) is 88.5 Å².